The van der Waals surface area contributed by atoms with E-state index in [2.05, 4.69) is 5.32 Å². The Kier molecular flexibility index (Phi) is 4.57. The maximum Gasteiger partial charge on any atom is 0.326 e. The Bertz CT molecular complexity index is 533. The van der Waals surface area contributed by atoms with Crippen LogP contribution in [0.1, 0.15) is 37.7 Å². The van der Waals surface area contributed by atoms with Gasteiger partial charge < -0.3 is 10.4 Å². The Labute approximate surface area is 117 Å². The van der Waals surface area contributed by atoms with Crippen molar-refractivity contribution >= 4 is 11.7 Å². The number of benzene rings is 1. The number of nitriles is 1. The predicted octanol–water partition coefficient (Wildman–Crippen LogP) is 3.14. The summed E-state index contributed by atoms with van der Waals surface area (Å²) < 4.78 is 13.8. The Morgan fingerprint density at radius 2 is 2.10 bits per heavy atom. The zero-order chi connectivity index (χ0) is 14.5. The first-order chi connectivity index (χ1) is 9.61. The van der Waals surface area contributed by atoms with Crippen molar-refractivity contribution in [2.75, 3.05) is 5.32 Å². The number of nitrogens with zero attached hydrogens (tertiary/aromatic N) is 1. The zero-order valence-electron chi connectivity index (χ0n) is 11.1. The molecule has 1 atom stereocenters. The van der Waals surface area contributed by atoms with Crippen LogP contribution in [0.4, 0.5) is 10.1 Å². The van der Waals surface area contributed by atoms with Crippen molar-refractivity contribution in [2.24, 2.45) is 5.92 Å². The molecule has 0 radical (unpaired) electrons. The third-order valence-corrected chi connectivity index (χ3v) is 3.80. The predicted molar refractivity (Wildman–Crippen MR) is 72.7 cm³/mol. The number of anilines is 1. The normalized spacial score (nSPS) is 17.2. The SMILES string of the molecule is N#Cc1ccc(NC(C(=O)O)C2CCCCC2)c(F)c1. The number of hydrogen-bond donors (Lipinski definition) is 2. The molecule has 0 amide bonds. The summed E-state index contributed by atoms with van der Waals surface area (Å²) in [6.45, 7) is 0. The van der Waals surface area contributed by atoms with Crippen LogP contribution in [0.15, 0.2) is 18.2 Å². The van der Waals surface area contributed by atoms with Crippen molar-refractivity contribution in [3.8, 4) is 6.07 Å². The van der Waals surface area contributed by atoms with Crippen LogP contribution >= 0.6 is 0 Å². The Balaban J connectivity index is 2.16. The standard InChI is InChI=1S/C15H17FN2O2/c16-12-8-10(9-17)6-7-13(12)18-14(15(19)20)11-4-2-1-3-5-11/h6-8,11,14,18H,1-5H2,(H,19,20). The van der Waals surface area contributed by atoms with Gasteiger partial charge in [0.2, 0.25) is 0 Å². The molecule has 5 heteroatoms. The Hall–Kier alpha value is -2.09. The lowest BCUT2D eigenvalue weighted by Crippen LogP contribution is -2.38. The molecule has 20 heavy (non-hydrogen) atoms. The fourth-order valence-corrected chi connectivity index (χ4v) is 2.72. The lowest BCUT2D eigenvalue weighted by atomic mass is 9.84. The molecule has 1 aliphatic carbocycles. The maximum atomic E-state index is 13.8. The van der Waals surface area contributed by atoms with Gasteiger partial charge in [-0.3, -0.25) is 0 Å². The molecule has 2 N–H and O–H groups in total. The number of halogens is 1. The summed E-state index contributed by atoms with van der Waals surface area (Å²) in [5.74, 6) is -1.52. The first-order valence-electron chi connectivity index (χ1n) is 6.81. The van der Waals surface area contributed by atoms with Crippen LogP contribution < -0.4 is 5.32 Å². The van der Waals surface area contributed by atoms with Gasteiger partial charge in [0.1, 0.15) is 11.9 Å². The molecule has 0 aromatic heterocycles. The highest BCUT2D eigenvalue weighted by atomic mass is 19.1. The van der Waals surface area contributed by atoms with Crippen LogP contribution in [-0.2, 0) is 4.79 Å². The van der Waals surface area contributed by atoms with E-state index >= 15 is 0 Å². The van der Waals surface area contributed by atoms with Crippen molar-refractivity contribution in [3.63, 3.8) is 0 Å². The molecule has 0 spiro atoms. The van der Waals surface area contributed by atoms with Gasteiger partial charge >= 0.3 is 5.97 Å². The van der Waals surface area contributed by atoms with E-state index in [9.17, 15) is 14.3 Å². The summed E-state index contributed by atoms with van der Waals surface area (Å²) in [6.07, 6.45) is 4.87. The van der Waals surface area contributed by atoms with Crippen LogP contribution in [0, 0.1) is 23.1 Å². The fourth-order valence-electron chi connectivity index (χ4n) is 2.72. The van der Waals surface area contributed by atoms with Crippen molar-refractivity contribution in [1.82, 2.24) is 0 Å². The number of rotatable bonds is 4. The summed E-state index contributed by atoms with van der Waals surface area (Å²) >= 11 is 0. The number of carbonyl (C=O) groups is 1. The lowest BCUT2D eigenvalue weighted by Gasteiger charge is -2.28. The number of nitrogens with one attached hydrogen (secondary N) is 1. The second-order valence-electron chi connectivity index (χ2n) is 5.16. The molecule has 1 saturated carbocycles. The van der Waals surface area contributed by atoms with Gasteiger partial charge in [-0.2, -0.15) is 5.26 Å². The van der Waals surface area contributed by atoms with E-state index < -0.39 is 17.8 Å². The highest BCUT2D eigenvalue weighted by Crippen LogP contribution is 2.29. The maximum absolute atomic E-state index is 13.8. The molecular formula is C15H17FN2O2. The van der Waals surface area contributed by atoms with Crippen LogP contribution in [0.3, 0.4) is 0 Å². The van der Waals surface area contributed by atoms with Crippen molar-refractivity contribution in [3.05, 3.63) is 29.6 Å². The minimum atomic E-state index is -0.958. The van der Waals surface area contributed by atoms with Gasteiger partial charge in [0.25, 0.3) is 0 Å². The van der Waals surface area contributed by atoms with Gasteiger partial charge in [-0.1, -0.05) is 19.3 Å². The smallest absolute Gasteiger partial charge is 0.326 e. The molecule has 1 fully saturated rings. The quantitative estimate of drug-likeness (QED) is 0.886. The molecule has 0 heterocycles. The minimum absolute atomic E-state index is 0.0243. The van der Waals surface area contributed by atoms with Crippen LogP contribution in [0.2, 0.25) is 0 Å². The largest absolute Gasteiger partial charge is 0.480 e. The molecule has 1 aromatic rings. The van der Waals surface area contributed by atoms with Crippen LogP contribution in [0.5, 0.6) is 0 Å². The molecule has 2 rings (SSSR count). The summed E-state index contributed by atoms with van der Waals surface area (Å²) in [6, 6.07) is 5.08. The number of hydrogen-bond acceptors (Lipinski definition) is 3. The molecule has 106 valence electrons. The van der Waals surface area contributed by atoms with Crippen molar-refractivity contribution in [1.29, 1.82) is 5.26 Å². The van der Waals surface area contributed by atoms with Gasteiger partial charge in [0.15, 0.2) is 0 Å². The fraction of sp³-hybridized carbons (Fsp3) is 0.467. The van der Waals surface area contributed by atoms with Crippen molar-refractivity contribution < 1.29 is 14.3 Å². The van der Waals surface area contributed by atoms with Gasteiger partial charge in [0, 0.05) is 0 Å². The number of aliphatic carboxylic acids is 1. The molecule has 0 saturated heterocycles. The summed E-state index contributed by atoms with van der Waals surface area (Å²) in [7, 11) is 0. The van der Waals surface area contributed by atoms with Gasteiger partial charge in [0.05, 0.1) is 17.3 Å². The molecular weight excluding hydrogens is 259 g/mol. The minimum Gasteiger partial charge on any atom is -0.480 e. The molecule has 1 unspecified atom stereocenters. The van der Waals surface area contributed by atoms with Gasteiger partial charge in [-0.25, -0.2) is 9.18 Å². The van der Waals surface area contributed by atoms with Gasteiger partial charge in [-0.15, -0.1) is 0 Å². The van der Waals surface area contributed by atoms with E-state index in [0.717, 1.165) is 38.2 Å². The lowest BCUT2D eigenvalue weighted by molar-refractivity contribution is -0.139. The average molecular weight is 276 g/mol. The first-order valence-corrected chi connectivity index (χ1v) is 6.81. The molecule has 0 bridgehead atoms. The van der Waals surface area contributed by atoms with E-state index in [1.807, 2.05) is 6.07 Å². The number of carboxylic acid groups (broad SMARTS) is 1. The molecule has 1 aliphatic rings. The van der Waals surface area contributed by atoms with E-state index in [1.54, 1.807) is 0 Å². The summed E-state index contributed by atoms with van der Waals surface area (Å²) in [5.41, 5.74) is 0.361. The van der Waals surface area contributed by atoms with Gasteiger partial charge in [-0.05, 0) is 37.0 Å². The highest BCUT2D eigenvalue weighted by molar-refractivity contribution is 5.78. The Morgan fingerprint density at radius 3 is 2.65 bits per heavy atom. The topological polar surface area (TPSA) is 73.1 Å². The number of carboxylic acids is 1. The molecule has 0 aliphatic heterocycles. The van der Waals surface area contributed by atoms with E-state index in [0.29, 0.717) is 0 Å². The molecule has 1 aromatic carbocycles. The van der Waals surface area contributed by atoms with E-state index in [4.69, 9.17) is 5.26 Å². The average Bonchev–Trinajstić information content (AvgIpc) is 2.46. The first kappa shape index (κ1) is 14.3. The summed E-state index contributed by atoms with van der Waals surface area (Å²) in [5, 5.41) is 20.8. The monoisotopic (exact) mass is 276 g/mol. The third kappa shape index (κ3) is 3.27. The second kappa shape index (κ2) is 6.38. The van der Waals surface area contributed by atoms with Crippen LogP contribution in [0.25, 0.3) is 0 Å². The summed E-state index contributed by atoms with van der Waals surface area (Å²) in [4.78, 5) is 11.4. The van der Waals surface area contributed by atoms with E-state index in [1.165, 1.54) is 12.1 Å². The second-order valence-corrected chi connectivity index (χ2v) is 5.16. The van der Waals surface area contributed by atoms with Crippen molar-refractivity contribution in [2.45, 2.75) is 38.1 Å². The Morgan fingerprint density at radius 1 is 1.40 bits per heavy atom. The van der Waals surface area contributed by atoms with E-state index in [-0.39, 0.29) is 17.2 Å². The molecule has 4 nitrogen and oxygen atoms in total. The van der Waals surface area contributed by atoms with Crippen LogP contribution in [-0.4, -0.2) is 17.1 Å². The zero-order valence-corrected chi connectivity index (χ0v) is 11.1. The highest BCUT2D eigenvalue weighted by Gasteiger charge is 2.29. The third-order valence-electron chi connectivity index (χ3n) is 3.80.